The van der Waals surface area contributed by atoms with Crippen molar-refractivity contribution < 1.29 is 0 Å². The molecule has 0 amide bonds. The zero-order valence-electron chi connectivity index (χ0n) is 14.3. The minimum Gasteiger partial charge on any atom is -0.354 e. The van der Waals surface area contributed by atoms with Crippen molar-refractivity contribution >= 4 is 18.6 Å². The summed E-state index contributed by atoms with van der Waals surface area (Å²) in [7, 11) is 0. The molecule has 130 valence electrons. The first-order chi connectivity index (χ1) is 11.3. The highest BCUT2D eigenvalue weighted by Gasteiger charge is 1.97. The molecule has 0 spiro atoms. The highest BCUT2D eigenvalue weighted by molar-refractivity contribution is 7.80. The molecule has 1 heterocycles. The lowest BCUT2D eigenvalue weighted by atomic mass is 10.1. The van der Waals surface area contributed by atoms with Crippen LogP contribution < -0.4 is 5.32 Å². The standard InChI is InChI=1S/C18H32N4S/c1-2-3-4-5-6-7-8-9-10-11-12-13-14-15-19-17-20-16-21-18(23)22-17/h2,16H,1,3-15H2,(H2,19,20,21,22,23). The number of hydrogen-bond donors (Lipinski definition) is 2. The van der Waals surface area contributed by atoms with Crippen LogP contribution in [0.2, 0.25) is 0 Å². The highest BCUT2D eigenvalue weighted by atomic mass is 32.1. The van der Waals surface area contributed by atoms with Gasteiger partial charge in [-0.2, -0.15) is 4.98 Å². The Morgan fingerprint density at radius 2 is 1.43 bits per heavy atom. The molecule has 0 saturated carbocycles. The molecule has 1 aromatic rings. The molecule has 0 unspecified atom stereocenters. The van der Waals surface area contributed by atoms with Crippen LogP contribution in [0.4, 0.5) is 5.95 Å². The van der Waals surface area contributed by atoms with E-state index in [0.717, 1.165) is 13.0 Å². The topological polar surface area (TPSA) is 50.7 Å². The van der Waals surface area contributed by atoms with Crippen LogP contribution in [-0.4, -0.2) is 21.5 Å². The van der Waals surface area contributed by atoms with Gasteiger partial charge in [-0.15, -0.1) is 19.2 Å². The second-order valence-corrected chi connectivity index (χ2v) is 6.40. The van der Waals surface area contributed by atoms with Crippen molar-refractivity contribution in [2.75, 3.05) is 11.9 Å². The maximum Gasteiger partial charge on any atom is 0.226 e. The molecule has 1 aromatic heterocycles. The number of hydrogen-bond acceptors (Lipinski definition) is 5. The van der Waals surface area contributed by atoms with Crippen molar-refractivity contribution in [1.82, 2.24) is 15.0 Å². The van der Waals surface area contributed by atoms with Gasteiger partial charge in [-0.3, -0.25) is 0 Å². The Morgan fingerprint density at radius 1 is 0.870 bits per heavy atom. The molecule has 4 nitrogen and oxygen atoms in total. The van der Waals surface area contributed by atoms with E-state index in [4.69, 9.17) is 0 Å². The summed E-state index contributed by atoms with van der Waals surface area (Å²) in [5.41, 5.74) is 0. The summed E-state index contributed by atoms with van der Waals surface area (Å²) in [6.45, 7) is 4.68. The van der Waals surface area contributed by atoms with Gasteiger partial charge in [0.05, 0.1) is 0 Å². The van der Waals surface area contributed by atoms with Gasteiger partial charge in [0.2, 0.25) is 5.95 Å². The molecule has 5 heteroatoms. The molecule has 0 radical (unpaired) electrons. The number of anilines is 1. The van der Waals surface area contributed by atoms with E-state index in [-0.39, 0.29) is 0 Å². The van der Waals surface area contributed by atoms with Gasteiger partial charge in [0, 0.05) is 6.54 Å². The number of thiol groups is 1. The van der Waals surface area contributed by atoms with Gasteiger partial charge in [-0.05, 0) is 19.3 Å². The average molecular weight is 337 g/mol. The zero-order valence-corrected chi connectivity index (χ0v) is 15.2. The maximum atomic E-state index is 4.10. The van der Waals surface area contributed by atoms with E-state index in [1.807, 2.05) is 6.08 Å². The molecular weight excluding hydrogens is 304 g/mol. The summed E-state index contributed by atoms with van der Waals surface area (Å²) in [6.07, 6.45) is 19.5. The van der Waals surface area contributed by atoms with Crippen LogP contribution in [0.5, 0.6) is 0 Å². The number of allylic oxidation sites excluding steroid dienone is 1. The van der Waals surface area contributed by atoms with Crippen molar-refractivity contribution in [3.05, 3.63) is 19.0 Å². The lowest BCUT2D eigenvalue weighted by Crippen LogP contribution is -2.05. The van der Waals surface area contributed by atoms with Crippen LogP contribution in [0, 0.1) is 0 Å². The van der Waals surface area contributed by atoms with Crippen LogP contribution in [-0.2, 0) is 0 Å². The summed E-state index contributed by atoms with van der Waals surface area (Å²) in [5, 5.41) is 3.67. The molecule has 0 saturated heterocycles. The smallest absolute Gasteiger partial charge is 0.226 e. The fourth-order valence-electron chi connectivity index (χ4n) is 2.58. The van der Waals surface area contributed by atoms with E-state index in [1.165, 1.54) is 77.0 Å². The molecule has 0 aliphatic heterocycles. The molecule has 0 aliphatic rings. The average Bonchev–Trinajstić information content (AvgIpc) is 2.55. The molecule has 1 N–H and O–H groups in total. The Labute approximate surface area is 147 Å². The second-order valence-electron chi connectivity index (χ2n) is 6.00. The second kappa shape index (κ2) is 14.5. The fraction of sp³-hybridized carbons (Fsp3) is 0.722. The minimum absolute atomic E-state index is 0.461. The highest BCUT2D eigenvalue weighted by Crippen LogP contribution is 2.12. The minimum atomic E-state index is 0.461. The molecule has 0 bridgehead atoms. The van der Waals surface area contributed by atoms with Crippen LogP contribution >= 0.6 is 12.6 Å². The summed E-state index contributed by atoms with van der Waals surface area (Å²) in [4.78, 5) is 12.0. The van der Waals surface area contributed by atoms with Gasteiger partial charge in [-0.25, -0.2) is 9.97 Å². The van der Waals surface area contributed by atoms with E-state index in [9.17, 15) is 0 Å². The van der Waals surface area contributed by atoms with Crippen LogP contribution in [0.3, 0.4) is 0 Å². The van der Waals surface area contributed by atoms with Crippen molar-refractivity contribution in [3.8, 4) is 0 Å². The normalized spacial score (nSPS) is 10.7. The third kappa shape index (κ3) is 12.0. The van der Waals surface area contributed by atoms with Gasteiger partial charge in [0.25, 0.3) is 0 Å². The number of nitrogens with one attached hydrogen (secondary N) is 1. The quantitative estimate of drug-likeness (QED) is 0.254. The Morgan fingerprint density at radius 3 is 2.00 bits per heavy atom. The zero-order chi connectivity index (χ0) is 16.6. The first-order valence-corrected chi connectivity index (χ1v) is 9.50. The van der Waals surface area contributed by atoms with Gasteiger partial charge in [-0.1, -0.05) is 63.9 Å². The van der Waals surface area contributed by atoms with Crippen molar-refractivity contribution in [2.45, 2.75) is 82.2 Å². The van der Waals surface area contributed by atoms with Crippen LogP contribution in [0.25, 0.3) is 0 Å². The van der Waals surface area contributed by atoms with Crippen LogP contribution in [0.15, 0.2) is 24.1 Å². The molecule has 0 aliphatic carbocycles. The van der Waals surface area contributed by atoms with Gasteiger partial charge in [0.15, 0.2) is 5.16 Å². The van der Waals surface area contributed by atoms with E-state index < -0.39 is 0 Å². The number of aromatic nitrogens is 3. The molecule has 1 rings (SSSR count). The predicted molar refractivity (Wildman–Crippen MR) is 101 cm³/mol. The predicted octanol–water partition coefficient (Wildman–Crippen LogP) is 5.44. The number of unbranched alkanes of at least 4 members (excludes halogenated alkanes) is 11. The monoisotopic (exact) mass is 336 g/mol. The van der Waals surface area contributed by atoms with Gasteiger partial charge in [0.1, 0.15) is 6.33 Å². The SMILES string of the molecule is C=CCCCCCCCCCCCCCNc1ncnc(S)n1. The Hall–Kier alpha value is -1.10. The van der Waals surface area contributed by atoms with Crippen molar-refractivity contribution in [1.29, 1.82) is 0 Å². The van der Waals surface area contributed by atoms with Gasteiger partial charge < -0.3 is 5.32 Å². The first kappa shape index (κ1) is 19.9. The molecule has 0 fully saturated rings. The van der Waals surface area contributed by atoms with E-state index in [0.29, 0.717) is 11.1 Å². The Kier molecular flexibility index (Phi) is 12.6. The molecule has 23 heavy (non-hydrogen) atoms. The van der Waals surface area contributed by atoms with E-state index >= 15 is 0 Å². The van der Waals surface area contributed by atoms with Crippen molar-refractivity contribution in [3.63, 3.8) is 0 Å². The van der Waals surface area contributed by atoms with Gasteiger partial charge >= 0.3 is 0 Å². The molecular formula is C18H32N4S. The number of rotatable bonds is 15. The van der Waals surface area contributed by atoms with E-state index in [1.54, 1.807) is 0 Å². The summed E-state index contributed by atoms with van der Waals surface area (Å²) >= 11 is 4.10. The fourth-order valence-corrected chi connectivity index (χ4v) is 2.72. The molecule has 0 atom stereocenters. The van der Waals surface area contributed by atoms with Crippen LogP contribution in [0.1, 0.15) is 77.0 Å². The van der Waals surface area contributed by atoms with Crippen molar-refractivity contribution in [2.24, 2.45) is 0 Å². The molecule has 0 aromatic carbocycles. The Bertz CT molecular complexity index is 412. The largest absolute Gasteiger partial charge is 0.354 e. The third-order valence-corrected chi connectivity index (χ3v) is 4.14. The maximum absolute atomic E-state index is 4.10. The Balaban J connectivity index is 1.79. The number of nitrogens with zero attached hydrogens (tertiary/aromatic N) is 3. The lowest BCUT2D eigenvalue weighted by molar-refractivity contribution is 0.549. The van der Waals surface area contributed by atoms with E-state index in [2.05, 4.69) is 39.5 Å². The first-order valence-electron chi connectivity index (χ1n) is 9.05. The summed E-state index contributed by atoms with van der Waals surface area (Å²) in [5.74, 6) is 0.623. The third-order valence-electron chi connectivity index (χ3n) is 3.93. The summed E-state index contributed by atoms with van der Waals surface area (Å²) < 4.78 is 0. The lowest BCUT2D eigenvalue weighted by Gasteiger charge is -2.05. The summed E-state index contributed by atoms with van der Waals surface area (Å²) in [6, 6.07) is 0.